The fraction of sp³-hybridized carbons (Fsp3) is 0.357. The summed E-state index contributed by atoms with van der Waals surface area (Å²) in [4.78, 5) is 23.5. The zero-order valence-electron chi connectivity index (χ0n) is 11.2. The number of hydrogen-bond donors (Lipinski definition) is 1. The summed E-state index contributed by atoms with van der Waals surface area (Å²) in [6, 6.07) is 8.48. The van der Waals surface area contributed by atoms with E-state index < -0.39 is 28.2 Å². The van der Waals surface area contributed by atoms with E-state index in [1.165, 1.54) is 0 Å². The number of nitrogens with zero attached hydrogens (tertiary/aromatic N) is 1. The number of carbonyl (C=O) groups is 2. The first-order chi connectivity index (χ1) is 9.80. The van der Waals surface area contributed by atoms with Crippen LogP contribution < -0.4 is 5.32 Å². The molecule has 1 saturated carbocycles. The molecule has 0 unspecified atom stereocenters. The van der Waals surface area contributed by atoms with E-state index >= 15 is 0 Å². The van der Waals surface area contributed by atoms with E-state index in [4.69, 9.17) is 33.2 Å². The minimum absolute atomic E-state index is 0.292. The third kappa shape index (κ3) is 3.12. The van der Waals surface area contributed by atoms with E-state index in [9.17, 15) is 9.59 Å². The van der Waals surface area contributed by atoms with Gasteiger partial charge in [-0.25, -0.2) is 0 Å². The topological polar surface area (TPSA) is 79.2 Å². The van der Waals surface area contributed by atoms with E-state index in [0.29, 0.717) is 17.7 Å². The summed E-state index contributed by atoms with van der Waals surface area (Å²) in [6.45, 7) is 1.12. The van der Waals surface area contributed by atoms with Crippen LogP contribution in [0.5, 0.6) is 0 Å². The van der Waals surface area contributed by atoms with Crippen LogP contribution in [0.25, 0.3) is 0 Å². The Hall–Kier alpha value is -1.77. The van der Waals surface area contributed by atoms with Crippen LogP contribution >= 0.6 is 23.2 Å². The summed E-state index contributed by atoms with van der Waals surface area (Å²) in [5.41, 5.74) is -0.282. The number of halogens is 2. The van der Waals surface area contributed by atoms with Crippen molar-refractivity contribution in [2.24, 2.45) is 5.41 Å². The first-order valence-electron chi connectivity index (χ1n) is 6.14. The molecule has 0 aromatic heterocycles. The molecule has 1 aromatic carbocycles. The molecule has 1 N–H and O–H groups in total. The van der Waals surface area contributed by atoms with Crippen molar-refractivity contribution in [2.45, 2.75) is 17.7 Å². The van der Waals surface area contributed by atoms with Crippen LogP contribution in [0.2, 0.25) is 0 Å². The molecular formula is C14H12Cl2N2O3. The van der Waals surface area contributed by atoms with Gasteiger partial charge < -0.3 is 10.1 Å². The van der Waals surface area contributed by atoms with Crippen LogP contribution in [-0.4, -0.2) is 22.8 Å². The fourth-order valence-corrected chi connectivity index (χ4v) is 2.48. The number of ether oxygens (including phenoxy) is 1. The van der Waals surface area contributed by atoms with Crippen LogP contribution in [0.3, 0.4) is 0 Å². The zero-order chi connectivity index (χ0) is 15.7. The maximum absolute atomic E-state index is 11.8. The van der Waals surface area contributed by atoms with E-state index in [0.717, 1.165) is 0 Å². The number of rotatable bonds is 4. The molecule has 0 spiro atoms. The molecule has 5 nitrogen and oxygen atoms in total. The smallest absolute Gasteiger partial charge is 0.315 e. The standard InChI is InChI=1S/C14H12Cl2N2O3/c1-13(8-14(13,15)16)12(20)21-7-11(19)18-10-5-3-2-4-9(10)6-17/h2-5H,7-8H2,1H3,(H,18,19)/t13-/m1/s1. The number of carbonyl (C=O) groups excluding carboxylic acids is 2. The van der Waals surface area contributed by atoms with Crippen molar-refractivity contribution in [3.63, 3.8) is 0 Å². The van der Waals surface area contributed by atoms with Gasteiger partial charge in [-0.1, -0.05) is 12.1 Å². The highest BCUT2D eigenvalue weighted by Gasteiger charge is 2.69. The minimum Gasteiger partial charge on any atom is -0.455 e. The maximum atomic E-state index is 11.8. The van der Waals surface area contributed by atoms with Gasteiger partial charge in [0.05, 0.1) is 11.3 Å². The number of hydrogen-bond acceptors (Lipinski definition) is 4. The number of nitrogens with one attached hydrogen (secondary N) is 1. The molecule has 1 aromatic rings. The SMILES string of the molecule is C[C@]1(C(=O)OCC(=O)Nc2ccccc2C#N)CC1(Cl)Cl. The molecule has 0 heterocycles. The number of anilines is 1. The Labute approximate surface area is 131 Å². The number of alkyl halides is 2. The summed E-state index contributed by atoms with van der Waals surface area (Å²) in [5.74, 6) is -1.15. The Morgan fingerprint density at radius 3 is 2.62 bits per heavy atom. The lowest BCUT2D eigenvalue weighted by atomic mass is 10.1. The van der Waals surface area contributed by atoms with Crippen molar-refractivity contribution < 1.29 is 14.3 Å². The van der Waals surface area contributed by atoms with Crippen LogP contribution in [-0.2, 0) is 14.3 Å². The molecule has 1 amide bonds. The summed E-state index contributed by atoms with van der Waals surface area (Å²) in [7, 11) is 0. The van der Waals surface area contributed by atoms with Crippen LogP contribution in [0.1, 0.15) is 18.9 Å². The predicted octanol–water partition coefficient (Wildman–Crippen LogP) is 2.62. The summed E-state index contributed by atoms with van der Waals surface area (Å²) < 4.78 is 3.78. The van der Waals surface area contributed by atoms with Crippen molar-refractivity contribution in [2.75, 3.05) is 11.9 Å². The van der Waals surface area contributed by atoms with Crippen LogP contribution in [0.15, 0.2) is 24.3 Å². The molecule has 7 heteroatoms. The molecular weight excluding hydrogens is 315 g/mol. The Bertz CT molecular complexity index is 639. The predicted molar refractivity (Wildman–Crippen MR) is 77.9 cm³/mol. The second-order valence-electron chi connectivity index (χ2n) is 5.00. The van der Waals surface area contributed by atoms with Gasteiger partial charge >= 0.3 is 5.97 Å². The number of nitriles is 1. The fourth-order valence-electron chi connectivity index (χ4n) is 1.79. The van der Waals surface area contributed by atoms with Crippen LogP contribution in [0, 0.1) is 16.7 Å². The average molecular weight is 327 g/mol. The van der Waals surface area contributed by atoms with Gasteiger partial charge in [0.25, 0.3) is 5.91 Å². The minimum atomic E-state index is -1.13. The third-order valence-corrected chi connectivity index (χ3v) is 4.47. The lowest BCUT2D eigenvalue weighted by Crippen LogP contribution is -2.27. The van der Waals surface area contributed by atoms with Crippen molar-refractivity contribution in [3.8, 4) is 6.07 Å². The average Bonchev–Trinajstić information content (AvgIpc) is 2.97. The normalized spacial score (nSPS) is 22.0. The second-order valence-corrected chi connectivity index (χ2v) is 6.48. The van der Waals surface area contributed by atoms with Gasteiger partial charge in [-0.2, -0.15) is 5.26 Å². The first-order valence-corrected chi connectivity index (χ1v) is 6.90. The number of amides is 1. The number of benzene rings is 1. The highest BCUT2D eigenvalue weighted by atomic mass is 35.5. The zero-order valence-corrected chi connectivity index (χ0v) is 12.7. The van der Waals surface area contributed by atoms with Crippen molar-refractivity contribution in [1.82, 2.24) is 0 Å². The van der Waals surface area contributed by atoms with Gasteiger partial charge in [0, 0.05) is 6.42 Å². The molecule has 110 valence electrons. The Morgan fingerprint density at radius 1 is 1.43 bits per heavy atom. The molecule has 0 radical (unpaired) electrons. The Balaban J connectivity index is 1.89. The van der Waals surface area contributed by atoms with Crippen molar-refractivity contribution in [1.29, 1.82) is 5.26 Å². The number of para-hydroxylation sites is 1. The van der Waals surface area contributed by atoms with Gasteiger partial charge in [-0.3, -0.25) is 9.59 Å². The maximum Gasteiger partial charge on any atom is 0.315 e. The molecule has 1 fully saturated rings. The van der Waals surface area contributed by atoms with E-state index in [1.807, 2.05) is 6.07 Å². The molecule has 1 aliphatic carbocycles. The van der Waals surface area contributed by atoms with Gasteiger partial charge in [0.1, 0.15) is 15.8 Å². The molecule has 21 heavy (non-hydrogen) atoms. The number of esters is 1. The summed E-state index contributed by atoms with van der Waals surface area (Å²) in [6.07, 6.45) is 0.292. The highest BCUT2D eigenvalue weighted by molar-refractivity contribution is 6.53. The van der Waals surface area contributed by atoms with E-state index in [2.05, 4.69) is 5.32 Å². The lowest BCUT2D eigenvalue weighted by molar-refractivity contribution is -0.152. The Kier molecular flexibility index (Phi) is 4.13. The van der Waals surface area contributed by atoms with Gasteiger partial charge in [0.2, 0.25) is 0 Å². The van der Waals surface area contributed by atoms with Gasteiger partial charge in [-0.15, -0.1) is 23.2 Å². The second kappa shape index (κ2) is 5.55. The largest absolute Gasteiger partial charge is 0.455 e. The molecule has 1 aliphatic rings. The molecule has 0 bridgehead atoms. The van der Waals surface area contributed by atoms with Crippen LogP contribution in [0.4, 0.5) is 5.69 Å². The van der Waals surface area contributed by atoms with Gasteiger partial charge in [0.15, 0.2) is 6.61 Å². The van der Waals surface area contributed by atoms with Crippen molar-refractivity contribution >= 4 is 40.8 Å². The molecule has 0 saturated heterocycles. The Morgan fingerprint density at radius 2 is 2.05 bits per heavy atom. The first kappa shape index (κ1) is 15.6. The third-order valence-electron chi connectivity index (χ3n) is 3.36. The highest BCUT2D eigenvalue weighted by Crippen LogP contribution is 2.64. The summed E-state index contributed by atoms with van der Waals surface area (Å²) >= 11 is 11.7. The molecule has 0 aliphatic heterocycles. The quantitative estimate of drug-likeness (QED) is 0.681. The summed E-state index contributed by atoms with van der Waals surface area (Å²) in [5, 5.41) is 11.4. The van der Waals surface area contributed by atoms with Gasteiger partial charge in [-0.05, 0) is 19.1 Å². The molecule has 2 rings (SSSR count). The lowest BCUT2D eigenvalue weighted by Gasteiger charge is -2.12. The monoisotopic (exact) mass is 326 g/mol. The van der Waals surface area contributed by atoms with E-state index in [-0.39, 0.29) is 0 Å². The molecule has 1 atom stereocenters. The van der Waals surface area contributed by atoms with Crippen molar-refractivity contribution in [3.05, 3.63) is 29.8 Å². The van der Waals surface area contributed by atoms with E-state index in [1.54, 1.807) is 31.2 Å².